The van der Waals surface area contributed by atoms with Crippen molar-refractivity contribution in [2.45, 2.75) is 30.9 Å². The normalized spacial score (nSPS) is 19.1. The molecule has 1 N–H and O–H groups in total. The number of rotatable bonds is 5. The van der Waals surface area contributed by atoms with E-state index >= 15 is 0 Å². The van der Waals surface area contributed by atoms with Crippen LogP contribution < -0.4 is 10.1 Å². The van der Waals surface area contributed by atoms with Gasteiger partial charge in [0.15, 0.2) is 11.6 Å². The molecule has 0 aromatic heterocycles. The molecule has 1 atom stereocenters. The highest BCUT2D eigenvalue weighted by atomic mass is 19.1. The summed E-state index contributed by atoms with van der Waals surface area (Å²) in [6.07, 6.45) is 3.02. The number of ether oxygens (including phenoxy) is 2. The van der Waals surface area contributed by atoms with E-state index in [1.54, 1.807) is 19.2 Å². The van der Waals surface area contributed by atoms with Gasteiger partial charge in [-0.15, -0.1) is 0 Å². The predicted molar refractivity (Wildman–Crippen MR) is 68.3 cm³/mol. The Hall–Kier alpha value is -1.13. The minimum Gasteiger partial charge on any atom is -0.494 e. The first kappa shape index (κ1) is 13.3. The monoisotopic (exact) mass is 253 g/mol. The molecule has 4 heteroatoms. The van der Waals surface area contributed by atoms with Gasteiger partial charge in [-0.3, -0.25) is 0 Å². The molecule has 2 rings (SSSR count). The molecule has 1 aromatic rings. The molecule has 1 aliphatic rings. The summed E-state index contributed by atoms with van der Waals surface area (Å²) in [6.45, 7) is 0. The van der Waals surface area contributed by atoms with E-state index in [1.807, 2.05) is 13.1 Å². The summed E-state index contributed by atoms with van der Waals surface area (Å²) in [4.78, 5) is 0. The van der Waals surface area contributed by atoms with Gasteiger partial charge in [0, 0.05) is 12.7 Å². The van der Waals surface area contributed by atoms with Crippen LogP contribution in [0.1, 0.15) is 30.9 Å². The molecule has 0 aliphatic heterocycles. The van der Waals surface area contributed by atoms with Crippen LogP contribution in [0.2, 0.25) is 0 Å². The zero-order valence-electron chi connectivity index (χ0n) is 11.1. The number of likely N-dealkylation sites (N-methyl/N-ethyl adjacent to an activating group) is 1. The molecule has 0 heterocycles. The van der Waals surface area contributed by atoms with Crippen molar-refractivity contribution in [3.05, 3.63) is 29.6 Å². The van der Waals surface area contributed by atoms with Gasteiger partial charge < -0.3 is 14.8 Å². The molecule has 1 unspecified atom stereocenters. The average Bonchev–Trinajstić information content (AvgIpc) is 2.34. The predicted octanol–water partition coefficient (Wildman–Crippen LogP) is 2.66. The van der Waals surface area contributed by atoms with Crippen molar-refractivity contribution in [3.63, 3.8) is 0 Å². The van der Waals surface area contributed by atoms with Crippen LogP contribution in [0, 0.1) is 5.82 Å². The maximum Gasteiger partial charge on any atom is 0.169 e. The lowest BCUT2D eigenvalue weighted by Crippen LogP contribution is -2.50. The van der Waals surface area contributed by atoms with E-state index in [2.05, 4.69) is 5.32 Å². The molecule has 0 radical (unpaired) electrons. The quantitative estimate of drug-likeness (QED) is 0.875. The molecular weight excluding hydrogens is 233 g/mol. The number of halogens is 1. The summed E-state index contributed by atoms with van der Waals surface area (Å²) in [5.41, 5.74) is 0.320. The molecule has 1 fully saturated rings. The summed E-state index contributed by atoms with van der Waals surface area (Å²) in [5.74, 6) is -0.0269. The minimum atomic E-state index is -0.303. The van der Waals surface area contributed by atoms with Gasteiger partial charge in [0.1, 0.15) is 0 Å². The number of hydrogen-bond acceptors (Lipinski definition) is 3. The van der Waals surface area contributed by atoms with Crippen LogP contribution in [0.15, 0.2) is 18.2 Å². The Balaban J connectivity index is 2.39. The zero-order valence-corrected chi connectivity index (χ0v) is 11.1. The second-order valence-corrected chi connectivity index (χ2v) is 4.71. The smallest absolute Gasteiger partial charge is 0.169 e. The van der Waals surface area contributed by atoms with Gasteiger partial charge in [0.05, 0.1) is 18.8 Å². The molecule has 100 valence electrons. The van der Waals surface area contributed by atoms with E-state index in [9.17, 15) is 4.39 Å². The van der Waals surface area contributed by atoms with E-state index in [-0.39, 0.29) is 23.2 Å². The van der Waals surface area contributed by atoms with Crippen LogP contribution in [0.25, 0.3) is 0 Å². The summed E-state index contributed by atoms with van der Waals surface area (Å²) >= 11 is 0. The zero-order chi connectivity index (χ0) is 13.2. The SMILES string of the molecule is CNC(c1cccc(OC)c1F)C1(OC)CCC1. The molecule has 1 saturated carbocycles. The Bertz CT molecular complexity index is 413. The summed E-state index contributed by atoms with van der Waals surface area (Å²) in [6, 6.07) is 5.08. The fourth-order valence-electron chi connectivity index (χ4n) is 2.75. The highest BCUT2D eigenvalue weighted by Gasteiger charge is 2.45. The highest BCUT2D eigenvalue weighted by molar-refractivity contribution is 5.35. The van der Waals surface area contributed by atoms with Gasteiger partial charge in [-0.1, -0.05) is 12.1 Å². The Morgan fingerprint density at radius 3 is 2.50 bits per heavy atom. The second-order valence-electron chi connectivity index (χ2n) is 4.71. The Morgan fingerprint density at radius 1 is 1.33 bits per heavy atom. The number of nitrogens with one attached hydrogen (secondary N) is 1. The molecule has 1 aromatic carbocycles. The Labute approximate surface area is 107 Å². The second kappa shape index (κ2) is 5.24. The average molecular weight is 253 g/mol. The number of methoxy groups -OCH3 is 2. The lowest BCUT2D eigenvalue weighted by molar-refractivity contribution is -0.0990. The molecule has 1 aliphatic carbocycles. The third kappa shape index (κ3) is 1.99. The summed E-state index contributed by atoms with van der Waals surface area (Å²) in [7, 11) is 5.01. The summed E-state index contributed by atoms with van der Waals surface area (Å²) in [5, 5.41) is 3.18. The largest absolute Gasteiger partial charge is 0.494 e. The first-order valence-corrected chi connectivity index (χ1v) is 6.23. The molecule has 0 spiro atoms. The molecule has 18 heavy (non-hydrogen) atoms. The van der Waals surface area contributed by atoms with Crippen molar-refractivity contribution in [2.24, 2.45) is 0 Å². The lowest BCUT2D eigenvalue weighted by Gasteiger charge is -2.46. The van der Waals surface area contributed by atoms with Crippen LogP contribution in [0.3, 0.4) is 0 Å². The molecule has 0 saturated heterocycles. The molecule has 0 amide bonds. The standard InChI is InChI=1S/C14H20FNO2/c1-16-13(14(18-3)8-5-9-14)10-6-4-7-11(17-2)12(10)15/h4,6-7,13,16H,5,8-9H2,1-3H3. The minimum absolute atomic E-state index is 0.147. The van der Waals surface area contributed by atoms with E-state index in [0.29, 0.717) is 5.56 Å². The number of benzene rings is 1. The molecule has 3 nitrogen and oxygen atoms in total. The fourth-order valence-corrected chi connectivity index (χ4v) is 2.75. The number of hydrogen-bond donors (Lipinski definition) is 1. The van der Waals surface area contributed by atoms with Crippen molar-refractivity contribution in [2.75, 3.05) is 21.3 Å². The van der Waals surface area contributed by atoms with Crippen molar-refractivity contribution in [1.82, 2.24) is 5.32 Å². The van der Waals surface area contributed by atoms with Gasteiger partial charge in [-0.05, 0) is 32.4 Å². The van der Waals surface area contributed by atoms with E-state index in [1.165, 1.54) is 7.11 Å². The van der Waals surface area contributed by atoms with Crippen LogP contribution in [-0.4, -0.2) is 26.9 Å². The van der Waals surface area contributed by atoms with Gasteiger partial charge in [-0.2, -0.15) is 0 Å². The topological polar surface area (TPSA) is 30.5 Å². The summed E-state index contributed by atoms with van der Waals surface area (Å²) < 4.78 is 25.0. The first-order valence-electron chi connectivity index (χ1n) is 6.23. The van der Waals surface area contributed by atoms with Gasteiger partial charge >= 0.3 is 0 Å². The van der Waals surface area contributed by atoms with E-state index in [0.717, 1.165) is 19.3 Å². The lowest BCUT2D eigenvalue weighted by atomic mass is 9.72. The Morgan fingerprint density at radius 2 is 2.06 bits per heavy atom. The van der Waals surface area contributed by atoms with Crippen LogP contribution >= 0.6 is 0 Å². The first-order chi connectivity index (χ1) is 8.68. The van der Waals surface area contributed by atoms with E-state index in [4.69, 9.17) is 9.47 Å². The van der Waals surface area contributed by atoms with Crippen molar-refractivity contribution in [1.29, 1.82) is 0 Å². The highest BCUT2D eigenvalue weighted by Crippen LogP contribution is 2.45. The van der Waals surface area contributed by atoms with Crippen LogP contribution in [0.5, 0.6) is 5.75 Å². The molecule has 0 bridgehead atoms. The maximum absolute atomic E-state index is 14.3. The third-order valence-corrected chi connectivity index (χ3v) is 3.95. The van der Waals surface area contributed by atoms with Crippen LogP contribution in [0.4, 0.5) is 4.39 Å². The Kier molecular flexibility index (Phi) is 3.88. The molecular formula is C14H20FNO2. The van der Waals surface area contributed by atoms with Crippen LogP contribution in [-0.2, 0) is 4.74 Å². The third-order valence-electron chi connectivity index (χ3n) is 3.95. The van der Waals surface area contributed by atoms with Crippen molar-refractivity contribution >= 4 is 0 Å². The van der Waals surface area contributed by atoms with Gasteiger partial charge in [-0.25, -0.2) is 4.39 Å². The van der Waals surface area contributed by atoms with E-state index < -0.39 is 0 Å². The fraction of sp³-hybridized carbons (Fsp3) is 0.571. The van der Waals surface area contributed by atoms with Gasteiger partial charge in [0.2, 0.25) is 0 Å². The van der Waals surface area contributed by atoms with Crippen molar-refractivity contribution < 1.29 is 13.9 Å². The maximum atomic E-state index is 14.3. The van der Waals surface area contributed by atoms with Crippen molar-refractivity contribution in [3.8, 4) is 5.75 Å². The van der Waals surface area contributed by atoms with Gasteiger partial charge in [0.25, 0.3) is 0 Å².